The molecule has 7 heteroatoms. The van der Waals surface area contributed by atoms with Gasteiger partial charge in [0.2, 0.25) is 0 Å². The van der Waals surface area contributed by atoms with Crippen LogP contribution in [0.15, 0.2) is 43.7 Å². The maximum Gasteiger partial charge on any atom is 0.256 e. The molecule has 104 valence electrons. The predicted molar refractivity (Wildman–Crippen MR) is 93.4 cm³/mol. The molecule has 0 radical (unpaired) electrons. The van der Waals surface area contributed by atoms with Crippen LogP contribution in [0.4, 0.5) is 11.4 Å². The summed E-state index contributed by atoms with van der Waals surface area (Å²) in [6.45, 7) is 0. The van der Waals surface area contributed by atoms with Crippen LogP contribution in [0.2, 0.25) is 5.02 Å². The van der Waals surface area contributed by atoms with E-state index in [1.165, 1.54) is 0 Å². The monoisotopic (exact) mass is 480 g/mol. The zero-order chi connectivity index (χ0) is 14.9. The van der Waals surface area contributed by atoms with Gasteiger partial charge in [-0.15, -0.1) is 0 Å². The molecule has 2 rings (SSSR count). The van der Waals surface area contributed by atoms with Gasteiger partial charge in [-0.1, -0.05) is 11.6 Å². The SMILES string of the molecule is Nc1cc(Br)c(NC(=O)c2cc(Cl)ccc2Br)c(Br)c1. The van der Waals surface area contributed by atoms with Crippen LogP contribution in [-0.2, 0) is 0 Å². The van der Waals surface area contributed by atoms with Crippen molar-refractivity contribution in [3.63, 3.8) is 0 Å². The van der Waals surface area contributed by atoms with Crippen LogP contribution in [0.25, 0.3) is 0 Å². The molecule has 3 N–H and O–H groups in total. The summed E-state index contributed by atoms with van der Waals surface area (Å²) in [6, 6.07) is 8.46. The predicted octanol–water partition coefficient (Wildman–Crippen LogP) is 5.46. The normalized spacial score (nSPS) is 10.4. The first kappa shape index (κ1) is 15.8. The molecule has 0 bridgehead atoms. The van der Waals surface area contributed by atoms with Crippen LogP contribution in [-0.4, -0.2) is 5.91 Å². The zero-order valence-corrected chi connectivity index (χ0v) is 15.4. The minimum absolute atomic E-state index is 0.273. The van der Waals surface area contributed by atoms with Gasteiger partial charge in [0.25, 0.3) is 5.91 Å². The van der Waals surface area contributed by atoms with E-state index in [0.717, 1.165) is 0 Å². The average Bonchev–Trinajstić information content (AvgIpc) is 2.36. The molecule has 0 spiro atoms. The summed E-state index contributed by atoms with van der Waals surface area (Å²) in [6.07, 6.45) is 0. The summed E-state index contributed by atoms with van der Waals surface area (Å²) in [7, 11) is 0. The molecule has 0 atom stereocenters. The highest BCUT2D eigenvalue weighted by atomic mass is 79.9. The average molecular weight is 483 g/mol. The Bertz CT molecular complexity index is 668. The lowest BCUT2D eigenvalue weighted by Gasteiger charge is -2.11. The largest absolute Gasteiger partial charge is 0.399 e. The smallest absolute Gasteiger partial charge is 0.256 e. The van der Waals surface area contributed by atoms with E-state index in [4.69, 9.17) is 17.3 Å². The highest BCUT2D eigenvalue weighted by Gasteiger charge is 2.14. The number of rotatable bonds is 2. The Morgan fingerprint density at radius 3 is 2.25 bits per heavy atom. The molecule has 0 fully saturated rings. The second-order valence-corrected chi connectivity index (χ2v) is 6.94. The van der Waals surface area contributed by atoms with Gasteiger partial charge in [0.05, 0.1) is 11.3 Å². The van der Waals surface area contributed by atoms with E-state index in [1.54, 1.807) is 30.3 Å². The van der Waals surface area contributed by atoms with Gasteiger partial charge in [0.1, 0.15) is 0 Å². The number of nitrogens with one attached hydrogen (secondary N) is 1. The van der Waals surface area contributed by atoms with E-state index in [0.29, 0.717) is 35.4 Å². The summed E-state index contributed by atoms with van der Waals surface area (Å²) in [4.78, 5) is 12.3. The summed E-state index contributed by atoms with van der Waals surface area (Å²) in [5, 5.41) is 3.31. The van der Waals surface area contributed by atoms with E-state index in [1.807, 2.05) is 0 Å². The van der Waals surface area contributed by atoms with Gasteiger partial charge in [-0.3, -0.25) is 4.79 Å². The maximum absolute atomic E-state index is 12.3. The van der Waals surface area contributed by atoms with Crippen LogP contribution in [0, 0.1) is 0 Å². The van der Waals surface area contributed by atoms with E-state index in [9.17, 15) is 4.79 Å². The lowest BCUT2D eigenvalue weighted by atomic mass is 10.2. The van der Waals surface area contributed by atoms with Crippen molar-refractivity contribution in [2.24, 2.45) is 0 Å². The van der Waals surface area contributed by atoms with Crippen molar-refractivity contribution in [1.82, 2.24) is 0 Å². The third-order valence-corrected chi connectivity index (χ3v) is 4.65. The van der Waals surface area contributed by atoms with Gasteiger partial charge in [0.15, 0.2) is 0 Å². The van der Waals surface area contributed by atoms with Gasteiger partial charge in [-0.05, 0) is 78.1 Å². The fourth-order valence-electron chi connectivity index (χ4n) is 1.56. The van der Waals surface area contributed by atoms with Crippen molar-refractivity contribution in [2.45, 2.75) is 0 Å². The number of carbonyl (C=O) groups excluding carboxylic acids is 1. The molecule has 3 nitrogen and oxygen atoms in total. The van der Waals surface area contributed by atoms with E-state index < -0.39 is 0 Å². The highest BCUT2D eigenvalue weighted by molar-refractivity contribution is 9.11. The van der Waals surface area contributed by atoms with Crippen molar-refractivity contribution >= 4 is 76.7 Å². The molecule has 0 saturated carbocycles. The number of hydrogen-bond acceptors (Lipinski definition) is 2. The van der Waals surface area contributed by atoms with Gasteiger partial charge in [-0.25, -0.2) is 0 Å². The van der Waals surface area contributed by atoms with Crippen molar-refractivity contribution in [2.75, 3.05) is 11.1 Å². The summed E-state index contributed by atoms with van der Waals surface area (Å²) in [5.74, 6) is -0.273. The Hall–Kier alpha value is -0.560. The van der Waals surface area contributed by atoms with Crippen molar-refractivity contribution in [3.05, 3.63) is 54.3 Å². The quantitative estimate of drug-likeness (QED) is 0.558. The van der Waals surface area contributed by atoms with E-state index in [2.05, 4.69) is 53.1 Å². The highest BCUT2D eigenvalue weighted by Crippen LogP contribution is 2.34. The number of benzene rings is 2. The molecule has 2 aromatic rings. The number of halogens is 4. The van der Waals surface area contributed by atoms with Gasteiger partial charge >= 0.3 is 0 Å². The van der Waals surface area contributed by atoms with Crippen LogP contribution in [0.3, 0.4) is 0 Å². The topological polar surface area (TPSA) is 55.1 Å². The number of nitrogen functional groups attached to an aromatic ring is 1. The lowest BCUT2D eigenvalue weighted by molar-refractivity contribution is 0.102. The van der Waals surface area contributed by atoms with E-state index in [-0.39, 0.29) is 5.91 Å². The minimum Gasteiger partial charge on any atom is -0.399 e. The number of amides is 1. The maximum atomic E-state index is 12.3. The lowest BCUT2D eigenvalue weighted by Crippen LogP contribution is -2.13. The molecule has 20 heavy (non-hydrogen) atoms. The second-order valence-electron chi connectivity index (χ2n) is 3.94. The van der Waals surface area contributed by atoms with Gasteiger partial charge in [0, 0.05) is 24.1 Å². The molecule has 0 aromatic heterocycles. The van der Waals surface area contributed by atoms with Crippen molar-refractivity contribution in [1.29, 1.82) is 0 Å². The third kappa shape index (κ3) is 3.55. The van der Waals surface area contributed by atoms with Crippen molar-refractivity contribution in [3.8, 4) is 0 Å². The molecule has 0 aliphatic carbocycles. The Kier molecular flexibility index (Phi) is 5.12. The van der Waals surface area contributed by atoms with Crippen LogP contribution >= 0.6 is 59.4 Å². The van der Waals surface area contributed by atoms with E-state index >= 15 is 0 Å². The Morgan fingerprint density at radius 2 is 1.65 bits per heavy atom. The summed E-state index contributed by atoms with van der Waals surface area (Å²) in [5.41, 5.74) is 7.36. The molecule has 0 unspecified atom stereocenters. The van der Waals surface area contributed by atoms with Crippen LogP contribution < -0.4 is 11.1 Å². The van der Waals surface area contributed by atoms with Crippen LogP contribution in [0.1, 0.15) is 10.4 Å². The Balaban J connectivity index is 2.35. The molecule has 0 aliphatic heterocycles. The number of carbonyl (C=O) groups is 1. The van der Waals surface area contributed by atoms with Crippen molar-refractivity contribution < 1.29 is 4.79 Å². The Morgan fingerprint density at radius 1 is 1.05 bits per heavy atom. The standard InChI is InChI=1S/C13H8Br3ClN2O/c14-9-2-1-6(17)3-8(9)13(20)19-12-10(15)4-7(18)5-11(12)16/h1-5H,18H2,(H,19,20). The first-order valence-electron chi connectivity index (χ1n) is 5.39. The molecular weight excluding hydrogens is 475 g/mol. The second kappa shape index (κ2) is 6.47. The van der Waals surface area contributed by atoms with Gasteiger partial charge < -0.3 is 11.1 Å². The molecule has 2 aromatic carbocycles. The first-order valence-corrected chi connectivity index (χ1v) is 8.15. The van der Waals surface area contributed by atoms with Gasteiger partial charge in [-0.2, -0.15) is 0 Å². The fourth-order valence-corrected chi connectivity index (χ4v) is 3.58. The summed E-state index contributed by atoms with van der Waals surface area (Å²) >= 11 is 16.0. The zero-order valence-electron chi connectivity index (χ0n) is 9.88. The fraction of sp³-hybridized carbons (Fsp3) is 0. The molecule has 0 saturated heterocycles. The number of nitrogens with two attached hydrogens (primary N) is 1. The minimum atomic E-state index is -0.273. The first-order chi connectivity index (χ1) is 9.38. The molecular formula is C13H8Br3ClN2O. The number of anilines is 2. The molecule has 1 amide bonds. The number of hydrogen-bond donors (Lipinski definition) is 2. The molecule has 0 heterocycles. The summed E-state index contributed by atoms with van der Waals surface area (Å²) < 4.78 is 2.05. The third-order valence-electron chi connectivity index (χ3n) is 2.48. The molecule has 0 aliphatic rings. The van der Waals surface area contributed by atoms with Crippen LogP contribution in [0.5, 0.6) is 0 Å². The Labute approximate surface area is 146 Å².